The minimum atomic E-state index is -0.318. The summed E-state index contributed by atoms with van der Waals surface area (Å²) in [7, 11) is 0. The number of nitrogens with one attached hydrogen (secondary N) is 1. The number of ether oxygens (including phenoxy) is 1. The molecule has 0 spiro atoms. The summed E-state index contributed by atoms with van der Waals surface area (Å²) in [6.45, 7) is 7.37. The molecule has 3 heterocycles. The lowest BCUT2D eigenvalue weighted by Gasteiger charge is -2.57. The Morgan fingerprint density at radius 1 is 0.897 bits per heavy atom. The number of carbonyl (C=O) groups is 3. The van der Waals surface area contributed by atoms with Crippen LogP contribution < -0.4 is 5.32 Å². The average molecular weight is 538 g/mol. The zero-order valence-electron chi connectivity index (χ0n) is 23.5. The summed E-state index contributed by atoms with van der Waals surface area (Å²) >= 11 is 0. The molecule has 39 heavy (non-hydrogen) atoms. The molecule has 2 saturated heterocycles. The number of hydrogen-bond donors (Lipinski definition) is 1. The van der Waals surface area contributed by atoms with Crippen LogP contribution in [-0.4, -0.2) is 89.1 Å². The Morgan fingerprint density at radius 2 is 1.49 bits per heavy atom. The Labute approximate surface area is 231 Å². The molecule has 7 rings (SSSR count). The first-order valence-corrected chi connectivity index (χ1v) is 15.1. The van der Waals surface area contributed by atoms with Crippen molar-refractivity contribution in [3.8, 4) is 0 Å². The smallest absolute Gasteiger partial charge is 0.409 e. The molecule has 6 fully saturated rings. The second kappa shape index (κ2) is 10.6. The predicted octanol–water partition coefficient (Wildman–Crippen LogP) is 4.16. The first kappa shape index (κ1) is 26.4. The van der Waals surface area contributed by atoms with E-state index in [2.05, 4.69) is 5.32 Å². The number of piperazine rings is 1. The molecular weight excluding hydrogens is 494 g/mol. The highest BCUT2D eigenvalue weighted by Crippen LogP contribution is 2.55. The minimum Gasteiger partial charge on any atom is -0.450 e. The average Bonchev–Trinajstić information content (AvgIpc) is 2.92. The van der Waals surface area contributed by atoms with Gasteiger partial charge < -0.3 is 24.8 Å². The molecule has 1 aromatic heterocycles. The predicted molar refractivity (Wildman–Crippen MR) is 146 cm³/mol. The van der Waals surface area contributed by atoms with Crippen LogP contribution in [0.1, 0.15) is 86.0 Å². The van der Waals surface area contributed by atoms with Crippen LogP contribution >= 0.6 is 0 Å². The van der Waals surface area contributed by atoms with Crippen LogP contribution in [-0.2, 0) is 4.74 Å². The maximum Gasteiger partial charge on any atom is 0.409 e. The fraction of sp³-hybridized carbons (Fsp3) is 0.733. The van der Waals surface area contributed by atoms with Gasteiger partial charge in [0, 0.05) is 56.4 Å². The van der Waals surface area contributed by atoms with E-state index in [9.17, 15) is 14.4 Å². The highest BCUT2D eigenvalue weighted by molar-refractivity contribution is 5.95. The fourth-order valence-corrected chi connectivity index (χ4v) is 8.47. The van der Waals surface area contributed by atoms with Crippen molar-refractivity contribution < 1.29 is 19.1 Å². The fourth-order valence-electron chi connectivity index (χ4n) is 8.47. The Balaban J connectivity index is 1.07. The van der Waals surface area contributed by atoms with Crippen LogP contribution in [0, 0.1) is 24.7 Å². The molecule has 0 atom stereocenters. The third-order valence-electron chi connectivity index (χ3n) is 9.97. The van der Waals surface area contributed by atoms with Crippen LogP contribution in [0.4, 0.5) is 9.59 Å². The SMILES string of the molecule is CCOC(=O)N1CCN(C(=O)c2ccc(C)nc2C2CCN(C(=O)NC34CC5CC(CC(C5)C3)C4)CC2)CC1. The highest BCUT2D eigenvalue weighted by Gasteiger charge is 2.52. The van der Waals surface area contributed by atoms with Crippen LogP contribution in [0.25, 0.3) is 0 Å². The van der Waals surface area contributed by atoms with Gasteiger partial charge in [-0.2, -0.15) is 0 Å². The normalized spacial score (nSPS) is 30.4. The van der Waals surface area contributed by atoms with Gasteiger partial charge in [-0.1, -0.05) is 0 Å². The first-order valence-electron chi connectivity index (χ1n) is 15.1. The second-order valence-corrected chi connectivity index (χ2v) is 12.8. The van der Waals surface area contributed by atoms with Gasteiger partial charge in [0.2, 0.25) is 0 Å². The molecule has 1 N–H and O–H groups in total. The number of pyridine rings is 1. The van der Waals surface area contributed by atoms with Crippen molar-refractivity contribution >= 4 is 18.0 Å². The monoisotopic (exact) mass is 537 g/mol. The lowest BCUT2D eigenvalue weighted by atomic mass is 9.53. The Kier molecular flexibility index (Phi) is 7.18. The molecular formula is C30H43N5O4. The molecule has 0 radical (unpaired) electrons. The van der Waals surface area contributed by atoms with E-state index in [1.807, 2.05) is 28.9 Å². The molecule has 9 heteroatoms. The van der Waals surface area contributed by atoms with Gasteiger partial charge in [0.1, 0.15) is 0 Å². The molecule has 2 aliphatic heterocycles. The quantitative estimate of drug-likeness (QED) is 0.622. The maximum atomic E-state index is 13.6. The Hall–Kier alpha value is -2.84. The lowest BCUT2D eigenvalue weighted by molar-refractivity contribution is -0.0160. The van der Waals surface area contributed by atoms with Gasteiger partial charge in [-0.25, -0.2) is 9.59 Å². The first-order chi connectivity index (χ1) is 18.8. The molecule has 4 amide bonds. The van der Waals surface area contributed by atoms with Crippen LogP contribution in [0.2, 0.25) is 0 Å². The molecule has 4 bridgehead atoms. The molecule has 212 valence electrons. The number of aryl methyl sites for hydroxylation is 1. The van der Waals surface area contributed by atoms with Gasteiger partial charge in [0.05, 0.1) is 17.9 Å². The summed E-state index contributed by atoms with van der Waals surface area (Å²) in [5.41, 5.74) is 2.43. The topological polar surface area (TPSA) is 95.1 Å². The van der Waals surface area contributed by atoms with E-state index < -0.39 is 0 Å². The van der Waals surface area contributed by atoms with Gasteiger partial charge >= 0.3 is 12.1 Å². The number of aromatic nitrogens is 1. The second-order valence-electron chi connectivity index (χ2n) is 12.8. The highest BCUT2D eigenvalue weighted by atomic mass is 16.6. The summed E-state index contributed by atoms with van der Waals surface area (Å²) in [6, 6.07) is 3.91. The molecule has 6 aliphatic rings. The number of piperidine rings is 1. The standard InChI is InChI=1S/C30H43N5O4/c1-3-39-29(38)35-12-10-33(11-13-35)27(36)25-5-4-20(2)31-26(25)24-6-8-34(9-7-24)28(37)32-30-17-21-14-22(18-30)16-23(15-21)19-30/h4-5,21-24H,3,6-19H2,1-2H3,(H,32,37). The number of likely N-dealkylation sites (tertiary alicyclic amines) is 1. The summed E-state index contributed by atoms with van der Waals surface area (Å²) in [4.78, 5) is 49.3. The summed E-state index contributed by atoms with van der Waals surface area (Å²) in [5.74, 6) is 2.53. The van der Waals surface area contributed by atoms with E-state index in [1.54, 1.807) is 11.8 Å². The minimum absolute atomic E-state index is 0.0250. The maximum absolute atomic E-state index is 13.6. The van der Waals surface area contributed by atoms with E-state index in [4.69, 9.17) is 9.72 Å². The van der Waals surface area contributed by atoms with Crippen LogP contribution in [0.15, 0.2) is 12.1 Å². The number of urea groups is 1. The van der Waals surface area contributed by atoms with E-state index in [0.29, 0.717) is 51.4 Å². The van der Waals surface area contributed by atoms with E-state index in [0.717, 1.165) is 61.2 Å². The molecule has 9 nitrogen and oxygen atoms in total. The zero-order valence-corrected chi connectivity index (χ0v) is 23.5. The number of amides is 4. The number of carbonyl (C=O) groups excluding carboxylic acids is 3. The Bertz CT molecular complexity index is 1070. The van der Waals surface area contributed by atoms with Crippen LogP contribution in [0.5, 0.6) is 0 Å². The van der Waals surface area contributed by atoms with Crippen molar-refractivity contribution in [3.63, 3.8) is 0 Å². The van der Waals surface area contributed by atoms with Crippen molar-refractivity contribution in [3.05, 3.63) is 29.1 Å². The van der Waals surface area contributed by atoms with E-state index >= 15 is 0 Å². The molecule has 1 aromatic rings. The lowest BCUT2D eigenvalue weighted by Crippen LogP contribution is -2.62. The number of nitrogens with zero attached hydrogens (tertiary/aromatic N) is 4. The number of rotatable bonds is 4. The summed E-state index contributed by atoms with van der Waals surface area (Å²) in [5, 5.41) is 3.52. The van der Waals surface area contributed by atoms with Gasteiger partial charge in [-0.05, 0) is 95.1 Å². The molecule has 4 saturated carbocycles. The van der Waals surface area contributed by atoms with Gasteiger partial charge in [0.15, 0.2) is 0 Å². The molecule has 0 unspecified atom stereocenters. The van der Waals surface area contributed by atoms with Gasteiger partial charge in [-0.3, -0.25) is 9.78 Å². The Morgan fingerprint density at radius 3 is 2.08 bits per heavy atom. The van der Waals surface area contributed by atoms with E-state index in [-0.39, 0.29) is 29.5 Å². The van der Waals surface area contributed by atoms with Crippen molar-refractivity contribution in [2.75, 3.05) is 45.9 Å². The van der Waals surface area contributed by atoms with Crippen molar-refractivity contribution in [2.24, 2.45) is 17.8 Å². The van der Waals surface area contributed by atoms with Gasteiger partial charge in [-0.15, -0.1) is 0 Å². The summed E-state index contributed by atoms with van der Waals surface area (Å²) in [6.07, 6.45) is 8.88. The summed E-state index contributed by atoms with van der Waals surface area (Å²) < 4.78 is 5.11. The van der Waals surface area contributed by atoms with Gasteiger partial charge in [0.25, 0.3) is 5.91 Å². The largest absolute Gasteiger partial charge is 0.450 e. The zero-order chi connectivity index (χ0) is 27.1. The third-order valence-corrected chi connectivity index (χ3v) is 9.97. The third kappa shape index (κ3) is 5.33. The molecule has 4 aliphatic carbocycles. The van der Waals surface area contributed by atoms with Crippen molar-refractivity contribution in [2.45, 2.75) is 76.7 Å². The number of hydrogen-bond acceptors (Lipinski definition) is 5. The molecule has 0 aromatic carbocycles. The van der Waals surface area contributed by atoms with Crippen molar-refractivity contribution in [1.82, 2.24) is 25.0 Å². The van der Waals surface area contributed by atoms with E-state index in [1.165, 1.54) is 19.3 Å². The van der Waals surface area contributed by atoms with Crippen LogP contribution in [0.3, 0.4) is 0 Å². The van der Waals surface area contributed by atoms with Crippen molar-refractivity contribution in [1.29, 1.82) is 0 Å².